The third kappa shape index (κ3) is 3.06. The molecule has 0 aromatic heterocycles. The molecular weight excluding hydrogens is 299 g/mol. The molecule has 0 saturated carbocycles. The van der Waals surface area contributed by atoms with Crippen molar-refractivity contribution in [1.82, 2.24) is 0 Å². The van der Waals surface area contributed by atoms with Crippen LogP contribution in [0.25, 0.3) is 0 Å². The Morgan fingerprint density at radius 3 is 2.40 bits per heavy atom. The number of para-hydroxylation sites is 1. The second kappa shape index (κ2) is 6.16. The summed E-state index contributed by atoms with van der Waals surface area (Å²) in [6, 6.07) is 9.92. The molecule has 0 atom stereocenters. The highest BCUT2D eigenvalue weighted by Crippen LogP contribution is 2.26. The summed E-state index contributed by atoms with van der Waals surface area (Å²) in [6.07, 6.45) is 0. The molecule has 0 amide bonds. The minimum Gasteiger partial charge on any atom is -0.507 e. The Morgan fingerprint density at radius 2 is 1.75 bits per heavy atom. The van der Waals surface area contributed by atoms with Gasteiger partial charge in [-0.1, -0.05) is 41.4 Å². The van der Waals surface area contributed by atoms with Gasteiger partial charge in [-0.3, -0.25) is 0 Å². The molecule has 0 aliphatic rings. The number of aryl methyl sites for hydroxylation is 1. The predicted molar refractivity (Wildman–Crippen MR) is 78.4 cm³/mol. The SMILES string of the molecule is Cc1cccc(C(=O)OCc2c(Cl)cccc2Cl)c1O. The number of ether oxygens (including phenoxy) is 1. The van der Waals surface area contributed by atoms with Crippen LogP contribution in [-0.2, 0) is 11.3 Å². The van der Waals surface area contributed by atoms with Gasteiger partial charge in [0.05, 0.1) is 0 Å². The zero-order chi connectivity index (χ0) is 14.7. The molecule has 0 heterocycles. The van der Waals surface area contributed by atoms with E-state index >= 15 is 0 Å². The smallest absolute Gasteiger partial charge is 0.342 e. The summed E-state index contributed by atoms with van der Waals surface area (Å²) in [5, 5.41) is 10.7. The molecular formula is C15H12Cl2O3. The Labute approximate surface area is 126 Å². The standard InChI is InChI=1S/C15H12Cl2O3/c1-9-4-2-5-10(14(9)18)15(19)20-8-11-12(16)6-3-7-13(11)17/h2-7,18H,8H2,1H3. The second-order valence-corrected chi connectivity index (χ2v) is 5.06. The van der Waals surface area contributed by atoms with Gasteiger partial charge in [-0.2, -0.15) is 0 Å². The number of benzene rings is 2. The third-order valence-corrected chi connectivity index (χ3v) is 3.58. The predicted octanol–water partition coefficient (Wildman–Crippen LogP) is 4.36. The number of phenols is 1. The molecule has 2 aromatic carbocycles. The fourth-order valence-corrected chi connectivity index (χ4v) is 2.22. The maximum Gasteiger partial charge on any atom is 0.342 e. The highest BCUT2D eigenvalue weighted by Gasteiger charge is 2.15. The fourth-order valence-electron chi connectivity index (χ4n) is 1.71. The zero-order valence-electron chi connectivity index (χ0n) is 10.7. The Hall–Kier alpha value is -1.71. The van der Waals surface area contributed by atoms with E-state index < -0.39 is 5.97 Å². The van der Waals surface area contributed by atoms with Gasteiger partial charge in [0.2, 0.25) is 0 Å². The van der Waals surface area contributed by atoms with Crippen LogP contribution in [0.4, 0.5) is 0 Å². The zero-order valence-corrected chi connectivity index (χ0v) is 12.2. The molecule has 5 heteroatoms. The van der Waals surface area contributed by atoms with Crippen molar-refractivity contribution in [3.05, 3.63) is 63.1 Å². The lowest BCUT2D eigenvalue weighted by Gasteiger charge is -2.10. The summed E-state index contributed by atoms with van der Waals surface area (Å²) in [4.78, 5) is 11.9. The van der Waals surface area contributed by atoms with Crippen LogP contribution in [-0.4, -0.2) is 11.1 Å². The summed E-state index contributed by atoms with van der Waals surface area (Å²) < 4.78 is 5.14. The van der Waals surface area contributed by atoms with Gasteiger partial charge in [-0.25, -0.2) is 4.79 Å². The molecule has 20 heavy (non-hydrogen) atoms. The Morgan fingerprint density at radius 1 is 1.15 bits per heavy atom. The van der Waals surface area contributed by atoms with E-state index in [2.05, 4.69) is 0 Å². The lowest BCUT2D eigenvalue weighted by Crippen LogP contribution is -2.06. The number of rotatable bonds is 3. The normalized spacial score (nSPS) is 10.3. The summed E-state index contributed by atoms with van der Waals surface area (Å²) in [6.45, 7) is 1.65. The minimum atomic E-state index is -0.623. The number of halogens is 2. The summed E-state index contributed by atoms with van der Waals surface area (Å²) >= 11 is 12.0. The molecule has 1 N–H and O–H groups in total. The molecule has 0 radical (unpaired) electrons. The van der Waals surface area contributed by atoms with Gasteiger partial charge in [0.25, 0.3) is 0 Å². The molecule has 3 nitrogen and oxygen atoms in total. The van der Waals surface area contributed by atoms with Crippen molar-refractivity contribution in [3.63, 3.8) is 0 Å². The first-order chi connectivity index (χ1) is 9.50. The number of aromatic hydroxyl groups is 1. The number of carbonyl (C=O) groups is 1. The largest absolute Gasteiger partial charge is 0.507 e. The molecule has 0 saturated heterocycles. The fraction of sp³-hybridized carbons (Fsp3) is 0.133. The van der Waals surface area contributed by atoms with Gasteiger partial charge >= 0.3 is 5.97 Å². The van der Waals surface area contributed by atoms with Crippen molar-refractivity contribution in [2.75, 3.05) is 0 Å². The summed E-state index contributed by atoms with van der Waals surface area (Å²) in [7, 11) is 0. The first-order valence-corrected chi connectivity index (χ1v) is 6.65. The molecule has 0 unspecified atom stereocenters. The van der Waals surface area contributed by atoms with Crippen molar-refractivity contribution in [2.45, 2.75) is 13.5 Å². The Balaban J connectivity index is 2.15. The number of hydrogen-bond donors (Lipinski definition) is 1. The second-order valence-electron chi connectivity index (χ2n) is 4.25. The maximum atomic E-state index is 11.9. The molecule has 0 spiro atoms. The van der Waals surface area contributed by atoms with Gasteiger partial charge in [-0.05, 0) is 30.7 Å². The van der Waals surface area contributed by atoms with Crippen molar-refractivity contribution in [2.24, 2.45) is 0 Å². The van der Waals surface area contributed by atoms with Crippen LogP contribution in [0.3, 0.4) is 0 Å². The molecule has 0 aliphatic carbocycles. The highest BCUT2D eigenvalue weighted by atomic mass is 35.5. The molecule has 0 bridgehead atoms. The maximum absolute atomic E-state index is 11.9. The van der Waals surface area contributed by atoms with Crippen LogP contribution in [0, 0.1) is 6.92 Å². The van der Waals surface area contributed by atoms with Crippen LogP contribution < -0.4 is 0 Å². The van der Waals surface area contributed by atoms with Crippen molar-refractivity contribution >= 4 is 29.2 Å². The number of esters is 1. The van der Waals surface area contributed by atoms with Crippen LogP contribution in [0.15, 0.2) is 36.4 Å². The van der Waals surface area contributed by atoms with Crippen molar-refractivity contribution in [1.29, 1.82) is 0 Å². The van der Waals surface area contributed by atoms with E-state index in [1.165, 1.54) is 6.07 Å². The quantitative estimate of drug-likeness (QED) is 0.857. The lowest BCUT2D eigenvalue weighted by molar-refractivity contribution is 0.0469. The number of carbonyl (C=O) groups excluding carboxylic acids is 1. The average Bonchev–Trinajstić information content (AvgIpc) is 2.41. The van der Waals surface area contributed by atoms with E-state index in [9.17, 15) is 9.90 Å². The van der Waals surface area contributed by atoms with E-state index in [1.54, 1.807) is 37.3 Å². The molecule has 2 aromatic rings. The molecule has 104 valence electrons. The Bertz CT molecular complexity index is 633. The van der Waals surface area contributed by atoms with Crippen molar-refractivity contribution in [3.8, 4) is 5.75 Å². The van der Waals surface area contributed by atoms with Gasteiger partial charge in [-0.15, -0.1) is 0 Å². The summed E-state index contributed by atoms with van der Waals surface area (Å²) in [5.74, 6) is -0.704. The first kappa shape index (κ1) is 14.7. The average molecular weight is 311 g/mol. The van der Waals surface area contributed by atoms with Crippen LogP contribution >= 0.6 is 23.2 Å². The van der Waals surface area contributed by atoms with E-state index in [4.69, 9.17) is 27.9 Å². The monoisotopic (exact) mass is 310 g/mol. The van der Waals surface area contributed by atoms with E-state index in [-0.39, 0.29) is 17.9 Å². The molecule has 0 fully saturated rings. The van der Waals surface area contributed by atoms with Gasteiger partial charge in [0.15, 0.2) is 0 Å². The van der Waals surface area contributed by atoms with Crippen LogP contribution in [0.1, 0.15) is 21.5 Å². The van der Waals surface area contributed by atoms with E-state index in [0.717, 1.165) is 0 Å². The highest BCUT2D eigenvalue weighted by molar-refractivity contribution is 6.35. The number of hydrogen-bond acceptors (Lipinski definition) is 3. The van der Waals surface area contributed by atoms with Crippen LogP contribution in [0.5, 0.6) is 5.75 Å². The van der Waals surface area contributed by atoms with E-state index in [1.807, 2.05) is 0 Å². The molecule has 2 rings (SSSR count). The summed E-state index contributed by atoms with van der Waals surface area (Å²) in [5.41, 5.74) is 1.26. The number of phenolic OH excluding ortho intramolecular Hbond substituents is 1. The topological polar surface area (TPSA) is 46.5 Å². The van der Waals surface area contributed by atoms with Crippen LogP contribution in [0.2, 0.25) is 10.0 Å². The Kier molecular flexibility index (Phi) is 4.53. The third-order valence-electron chi connectivity index (χ3n) is 2.87. The lowest BCUT2D eigenvalue weighted by atomic mass is 10.1. The van der Waals surface area contributed by atoms with Gasteiger partial charge in [0, 0.05) is 15.6 Å². The van der Waals surface area contributed by atoms with Crippen molar-refractivity contribution < 1.29 is 14.6 Å². The van der Waals surface area contributed by atoms with E-state index in [0.29, 0.717) is 21.2 Å². The molecule has 0 aliphatic heterocycles. The van der Waals surface area contributed by atoms with Gasteiger partial charge in [0.1, 0.15) is 17.9 Å². The first-order valence-electron chi connectivity index (χ1n) is 5.89. The minimum absolute atomic E-state index is 0.0509. The van der Waals surface area contributed by atoms with Gasteiger partial charge < -0.3 is 9.84 Å².